The van der Waals surface area contributed by atoms with E-state index in [2.05, 4.69) is 0 Å². The minimum absolute atomic E-state index is 0.285. The average Bonchev–Trinajstić information content (AvgIpc) is 2.77. The number of fused-ring (bicyclic) bond motifs is 1. The number of anilines is 1. The first-order valence-corrected chi connectivity index (χ1v) is 9.39. The molecule has 0 unspecified atom stereocenters. The van der Waals surface area contributed by atoms with Gasteiger partial charge in [0.25, 0.3) is 5.91 Å². The van der Waals surface area contributed by atoms with E-state index >= 15 is 0 Å². The van der Waals surface area contributed by atoms with Crippen molar-refractivity contribution in [2.75, 3.05) is 24.7 Å². The molecule has 0 N–H and O–H groups in total. The van der Waals surface area contributed by atoms with E-state index in [-0.39, 0.29) is 11.5 Å². The largest absolute Gasteiger partial charge is 0.486 e. The summed E-state index contributed by atoms with van der Waals surface area (Å²) in [5.74, 6) is 0.507. The van der Waals surface area contributed by atoms with E-state index in [1.807, 2.05) is 42.5 Å². The molecule has 4 nitrogen and oxygen atoms in total. The van der Waals surface area contributed by atoms with Gasteiger partial charge in [0.15, 0.2) is 11.5 Å². The van der Waals surface area contributed by atoms with E-state index in [0.29, 0.717) is 36.9 Å². The van der Waals surface area contributed by atoms with Gasteiger partial charge in [-0.2, -0.15) is 0 Å². The lowest BCUT2D eigenvalue weighted by Crippen LogP contribution is -2.31. The van der Waals surface area contributed by atoms with Gasteiger partial charge in [0.1, 0.15) is 19.0 Å². The molecule has 0 saturated carbocycles. The molecule has 1 aliphatic rings. The molecule has 146 valence electrons. The molecule has 3 aromatic carbocycles. The lowest BCUT2D eigenvalue weighted by atomic mass is 10.1. The molecule has 0 fully saturated rings. The highest BCUT2D eigenvalue weighted by molar-refractivity contribution is 6.06. The number of carbonyl (C=O) groups is 1. The van der Waals surface area contributed by atoms with Crippen LogP contribution in [-0.2, 0) is 0 Å². The Morgan fingerprint density at radius 3 is 2.52 bits per heavy atom. The number of hydrogen-bond acceptors (Lipinski definition) is 3. The highest BCUT2D eigenvalue weighted by atomic mass is 19.1. The zero-order chi connectivity index (χ0) is 20.1. The van der Waals surface area contributed by atoms with Gasteiger partial charge in [-0.15, -0.1) is 0 Å². The number of carbonyl (C=O) groups excluding carboxylic acids is 1. The van der Waals surface area contributed by atoms with Gasteiger partial charge < -0.3 is 14.4 Å². The van der Waals surface area contributed by atoms with Crippen LogP contribution in [0.2, 0.25) is 0 Å². The lowest BCUT2D eigenvalue weighted by Gasteiger charge is -2.24. The summed E-state index contributed by atoms with van der Waals surface area (Å²) in [4.78, 5) is 14.8. The molecule has 1 aliphatic heterocycles. The van der Waals surface area contributed by atoms with Crippen LogP contribution >= 0.6 is 0 Å². The zero-order valence-corrected chi connectivity index (χ0v) is 15.8. The van der Waals surface area contributed by atoms with Crippen molar-refractivity contribution in [2.45, 2.75) is 0 Å². The number of nitrogens with zero attached hydrogens (tertiary/aromatic N) is 1. The summed E-state index contributed by atoms with van der Waals surface area (Å²) in [5.41, 5.74) is 1.97. The van der Waals surface area contributed by atoms with E-state index in [1.54, 1.807) is 29.2 Å². The molecule has 5 heteroatoms. The molecule has 0 atom stereocenters. The van der Waals surface area contributed by atoms with Crippen LogP contribution < -0.4 is 14.4 Å². The van der Waals surface area contributed by atoms with Gasteiger partial charge in [0.05, 0.1) is 0 Å². The fourth-order valence-electron chi connectivity index (χ4n) is 3.14. The fourth-order valence-corrected chi connectivity index (χ4v) is 3.14. The van der Waals surface area contributed by atoms with Crippen LogP contribution in [0.25, 0.3) is 6.08 Å². The molecule has 0 spiro atoms. The van der Waals surface area contributed by atoms with Crippen molar-refractivity contribution in [1.29, 1.82) is 0 Å². The number of halogens is 1. The summed E-state index contributed by atoms with van der Waals surface area (Å²) < 4.78 is 24.9. The van der Waals surface area contributed by atoms with Crippen molar-refractivity contribution in [3.63, 3.8) is 0 Å². The average molecular weight is 389 g/mol. The monoisotopic (exact) mass is 389 g/mol. The first-order valence-electron chi connectivity index (χ1n) is 9.39. The summed E-state index contributed by atoms with van der Waals surface area (Å²) in [6.07, 6.45) is 3.85. The van der Waals surface area contributed by atoms with Gasteiger partial charge >= 0.3 is 0 Å². The highest BCUT2D eigenvalue weighted by Crippen LogP contribution is 2.34. The Hall–Kier alpha value is -3.60. The van der Waals surface area contributed by atoms with E-state index < -0.39 is 5.82 Å². The van der Waals surface area contributed by atoms with Crippen molar-refractivity contribution in [2.24, 2.45) is 0 Å². The number of rotatable bonds is 5. The Morgan fingerprint density at radius 2 is 1.72 bits per heavy atom. The molecule has 0 saturated heterocycles. The second-order valence-corrected chi connectivity index (χ2v) is 6.57. The van der Waals surface area contributed by atoms with Crippen LogP contribution in [0.1, 0.15) is 15.9 Å². The molecular weight excluding hydrogens is 369 g/mol. The van der Waals surface area contributed by atoms with Crippen LogP contribution in [-0.4, -0.2) is 25.7 Å². The van der Waals surface area contributed by atoms with E-state index in [4.69, 9.17) is 9.47 Å². The van der Waals surface area contributed by atoms with E-state index in [0.717, 1.165) is 5.56 Å². The van der Waals surface area contributed by atoms with Crippen LogP contribution in [0.3, 0.4) is 0 Å². The lowest BCUT2D eigenvalue weighted by molar-refractivity contribution is 0.0989. The van der Waals surface area contributed by atoms with Crippen molar-refractivity contribution >= 4 is 17.7 Å². The predicted molar refractivity (Wildman–Crippen MR) is 111 cm³/mol. The highest BCUT2D eigenvalue weighted by Gasteiger charge is 2.20. The van der Waals surface area contributed by atoms with Gasteiger partial charge in [-0.1, -0.05) is 48.6 Å². The SMILES string of the molecule is O=C(c1cccc(F)c1)N(C/C=C\c1ccccc1)c1ccc2c(c1)OCCO2. The molecule has 0 aromatic heterocycles. The van der Waals surface area contributed by atoms with Crippen molar-refractivity contribution in [1.82, 2.24) is 0 Å². The number of amides is 1. The zero-order valence-electron chi connectivity index (χ0n) is 15.8. The van der Waals surface area contributed by atoms with Gasteiger partial charge in [-0.05, 0) is 35.9 Å². The quantitative estimate of drug-likeness (QED) is 0.619. The molecule has 29 heavy (non-hydrogen) atoms. The second-order valence-electron chi connectivity index (χ2n) is 6.57. The molecule has 1 heterocycles. The van der Waals surface area contributed by atoms with Gasteiger partial charge in [0, 0.05) is 23.9 Å². The second kappa shape index (κ2) is 8.61. The van der Waals surface area contributed by atoms with Gasteiger partial charge in [0.2, 0.25) is 0 Å². The van der Waals surface area contributed by atoms with Crippen LogP contribution in [0.15, 0.2) is 78.9 Å². The minimum atomic E-state index is -0.446. The Labute approximate surface area is 168 Å². The van der Waals surface area contributed by atoms with E-state index in [1.165, 1.54) is 18.2 Å². The summed E-state index contributed by atoms with van der Waals surface area (Å²) in [7, 11) is 0. The normalized spacial score (nSPS) is 12.7. The minimum Gasteiger partial charge on any atom is -0.486 e. The summed E-state index contributed by atoms with van der Waals surface area (Å²) in [6.45, 7) is 1.28. The third-order valence-electron chi connectivity index (χ3n) is 4.55. The Kier molecular flexibility index (Phi) is 5.56. The predicted octanol–water partition coefficient (Wildman–Crippen LogP) is 4.96. The smallest absolute Gasteiger partial charge is 0.258 e. The van der Waals surface area contributed by atoms with Crippen LogP contribution in [0.5, 0.6) is 11.5 Å². The molecule has 0 bridgehead atoms. The van der Waals surface area contributed by atoms with Gasteiger partial charge in [-0.25, -0.2) is 4.39 Å². The number of ether oxygens (including phenoxy) is 2. The summed E-state index contributed by atoms with van der Waals surface area (Å²) in [6, 6.07) is 20.9. The first kappa shape index (κ1) is 18.7. The Morgan fingerprint density at radius 1 is 0.931 bits per heavy atom. The van der Waals surface area contributed by atoms with Crippen molar-refractivity contribution in [3.8, 4) is 11.5 Å². The number of hydrogen-bond donors (Lipinski definition) is 0. The molecule has 4 rings (SSSR count). The maximum atomic E-state index is 13.7. The molecular formula is C24H20FNO3. The maximum absolute atomic E-state index is 13.7. The molecule has 3 aromatic rings. The molecule has 0 aliphatic carbocycles. The van der Waals surface area contributed by atoms with Gasteiger partial charge in [-0.3, -0.25) is 4.79 Å². The summed E-state index contributed by atoms with van der Waals surface area (Å²) >= 11 is 0. The van der Waals surface area contributed by atoms with Crippen LogP contribution in [0, 0.1) is 5.82 Å². The fraction of sp³-hybridized carbons (Fsp3) is 0.125. The van der Waals surface area contributed by atoms with Crippen molar-refractivity contribution < 1.29 is 18.7 Å². The molecule has 1 amide bonds. The van der Waals surface area contributed by atoms with Crippen molar-refractivity contribution in [3.05, 3.63) is 95.8 Å². The maximum Gasteiger partial charge on any atom is 0.258 e. The standard InChI is InChI=1S/C24H20FNO3/c25-20-10-4-9-19(16-20)24(27)26(13-5-8-18-6-2-1-3-7-18)21-11-12-22-23(17-21)29-15-14-28-22/h1-12,16-17H,13-15H2/b8-5-. The third kappa shape index (κ3) is 4.46. The van der Waals surface area contributed by atoms with Crippen LogP contribution in [0.4, 0.5) is 10.1 Å². The Bertz CT molecular complexity index is 1030. The third-order valence-corrected chi connectivity index (χ3v) is 4.55. The van der Waals surface area contributed by atoms with E-state index in [9.17, 15) is 9.18 Å². The molecule has 0 radical (unpaired) electrons. The number of benzene rings is 3. The summed E-state index contributed by atoms with van der Waals surface area (Å²) in [5, 5.41) is 0. The first-order chi connectivity index (χ1) is 14.2. The Balaban J connectivity index is 1.65. The topological polar surface area (TPSA) is 38.8 Å².